The highest BCUT2D eigenvalue weighted by molar-refractivity contribution is 5.73. The molecule has 4 aromatic rings. The molecule has 1 N–H and O–H groups in total. The lowest BCUT2D eigenvalue weighted by molar-refractivity contribution is 0.364. The standard InChI is InChI=1S/C22H21N7O2/c1-23-22-26-20-18(28(22)2)21(30)29(11-24-20)10-16-25-19(27-31-16)17-14-8-13(9-15(14)17)12-6-4-3-5-7-12/h3-8,11,14-15,17H,9-10H2,1-2H3,(H,23,26). The Kier molecular flexibility index (Phi) is 3.86. The molecule has 0 spiro atoms. The van der Waals surface area contributed by atoms with Crippen molar-refractivity contribution in [3.63, 3.8) is 0 Å². The molecular weight excluding hydrogens is 394 g/mol. The Hall–Kier alpha value is -3.75. The first-order chi connectivity index (χ1) is 15.1. The Morgan fingerprint density at radius 3 is 2.81 bits per heavy atom. The van der Waals surface area contributed by atoms with E-state index in [1.165, 1.54) is 22.0 Å². The number of aryl methyl sites for hydroxylation is 1. The molecule has 2 aliphatic carbocycles. The zero-order chi connectivity index (χ0) is 21.1. The van der Waals surface area contributed by atoms with Gasteiger partial charge in [-0.1, -0.05) is 41.6 Å². The smallest absolute Gasteiger partial charge is 0.280 e. The molecule has 3 aromatic heterocycles. The molecule has 9 nitrogen and oxygen atoms in total. The average Bonchev–Trinajstić information content (AvgIpc) is 3.18. The molecule has 2 aliphatic rings. The van der Waals surface area contributed by atoms with Crippen LogP contribution in [0.2, 0.25) is 0 Å². The molecule has 0 amide bonds. The fraction of sp³-hybridized carbons (Fsp3) is 0.318. The van der Waals surface area contributed by atoms with E-state index in [4.69, 9.17) is 4.52 Å². The summed E-state index contributed by atoms with van der Waals surface area (Å²) in [5.74, 6) is 3.03. The van der Waals surface area contributed by atoms with Gasteiger partial charge in [0.25, 0.3) is 5.56 Å². The number of aromatic nitrogens is 6. The molecule has 156 valence electrons. The number of hydrogen-bond acceptors (Lipinski definition) is 7. The van der Waals surface area contributed by atoms with Crippen molar-refractivity contribution >= 4 is 22.7 Å². The zero-order valence-electron chi connectivity index (χ0n) is 17.2. The minimum atomic E-state index is -0.194. The van der Waals surface area contributed by atoms with Crippen molar-refractivity contribution in [2.45, 2.75) is 18.9 Å². The monoisotopic (exact) mass is 415 g/mol. The number of nitrogens with zero attached hydrogens (tertiary/aromatic N) is 6. The van der Waals surface area contributed by atoms with E-state index in [2.05, 4.69) is 55.8 Å². The van der Waals surface area contributed by atoms with Crippen molar-refractivity contribution in [3.05, 3.63) is 70.4 Å². The number of anilines is 1. The topological polar surface area (TPSA) is 104 Å². The lowest BCUT2D eigenvalue weighted by Gasteiger charge is -2.05. The van der Waals surface area contributed by atoms with E-state index in [0.717, 1.165) is 12.2 Å². The van der Waals surface area contributed by atoms with E-state index in [1.54, 1.807) is 18.7 Å². The summed E-state index contributed by atoms with van der Waals surface area (Å²) in [7, 11) is 3.54. The van der Waals surface area contributed by atoms with Gasteiger partial charge in [0.2, 0.25) is 11.8 Å². The van der Waals surface area contributed by atoms with E-state index >= 15 is 0 Å². The number of rotatable bonds is 5. The van der Waals surface area contributed by atoms with E-state index in [-0.39, 0.29) is 12.1 Å². The highest BCUT2D eigenvalue weighted by Gasteiger charge is 2.55. The summed E-state index contributed by atoms with van der Waals surface area (Å²) in [6.45, 7) is 0.183. The third-order valence-corrected chi connectivity index (χ3v) is 6.39. The van der Waals surface area contributed by atoms with Gasteiger partial charge in [0.1, 0.15) is 12.9 Å². The summed E-state index contributed by atoms with van der Waals surface area (Å²) in [6, 6.07) is 10.5. The Morgan fingerprint density at radius 1 is 1.23 bits per heavy atom. The molecule has 1 fully saturated rings. The minimum Gasteiger partial charge on any atom is -0.359 e. The van der Waals surface area contributed by atoms with Crippen LogP contribution < -0.4 is 10.9 Å². The lowest BCUT2D eigenvalue weighted by Crippen LogP contribution is -2.22. The zero-order valence-corrected chi connectivity index (χ0v) is 17.2. The molecular formula is C22H21N7O2. The van der Waals surface area contributed by atoms with E-state index in [1.807, 2.05) is 6.07 Å². The van der Waals surface area contributed by atoms with Crippen molar-refractivity contribution in [2.24, 2.45) is 18.9 Å². The van der Waals surface area contributed by atoms with Gasteiger partial charge >= 0.3 is 0 Å². The number of fused-ring (bicyclic) bond motifs is 2. The maximum absolute atomic E-state index is 12.9. The van der Waals surface area contributed by atoms with Crippen LogP contribution in [0.15, 0.2) is 52.1 Å². The van der Waals surface area contributed by atoms with Gasteiger partial charge in [0.05, 0.1) is 0 Å². The summed E-state index contributed by atoms with van der Waals surface area (Å²) in [6.07, 6.45) is 4.87. The predicted molar refractivity (Wildman–Crippen MR) is 114 cm³/mol. The van der Waals surface area contributed by atoms with E-state index < -0.39 is 0 Å². The van der Waals surface area contributed by atoms with Crippen molar-refractivity contribution in [1.29, 1.82) is 0 Å². The van der Waals surface area contributed by atoms with Crippen LogP contribution in [0.1, 0.15) is 29.6 Å². The van der Waals surface area contributed by atoms with Gasteiger partial charge in [-0.15, -0.1) is 0 Å². The van der Waals surface area contributed by atoms with E-state index in [0.29, 0.717) is 40.8 Å². The van der Waals surface area contributed by atoms with Crippen LogP contribution in [-0.2, 0) is 13.6 Å². The summed E-state index contributed by atoms with van der Waals surface area (Å²) < 4.78 is 8.64. The van der Waals surface area contributed by atoms with Gasteiger partial charge in [-0.05, 0) is 29.4 Å². The maximum Gasteiger partial charge on any atom is 0.280 e. The third kappa shape index (κ3) is 2.80. The quantitative estimate of drug-likeness (QED) is 0.534. The Bertz CT molecular complexity index is 1380. The van der Waals surface area contributed by atoms with Gasteiger partial charge in [-0.3, -0.25) is 9.36 Å². The van der Waals surface area contributed by atoms with Gasteiger partial charge < -0.3 is 14.4 Å². The molecule has 31 heavy (non-hydrogen) atoms. The molecule has 1 aromatic carbocycles. The van der Waals surface area contributed by atoms with Gasteiger partial charge in [0.15, 0.2) is 17.0 Å². The maximum atomic E-state index is 12.9. The number of imidazole rings is 1. The molecule has 3 atom stereocenters. The molecule has 0 saturated heterocycles. The normalized spacial score (nSPS) is 21.9. The van der Waals surface area contributed by atoms with Crippen LogP contribution in [0, 0.1) is 11.8 Å². The van der Waals surface area contributed by atoms with Crippen LogP contribution in [0.4, 0.5) is 5.95 Å². The van der Waals surface area contributed by atoms with Crippen LogP contribution in [-0.4, -0.2) is 36.3 Å². The third-order valence-electron chi connectivity index (χ3n) is 6.39. The van der Waals surface area contributed by atoms with E-state index in [9.17, 15) is 4.79 Å². The summed E-state index contributed by atoms with van der Waals surface area (Å²) >= 11 is 0. The number of benzene rings is 1. The Morgan fingerprint density at radius 2 is 2.06 bits per heavy atom. The summed E-state index contributed by atoms with van der Waals surface area (Å²) in [5.41, 5.74) is 3.34. The lowest BCUT2D eigenvalue weighted by atomic mass is 10.0. The first-order valence-electron chi connectivity index (χ1n) is 10.3. The number of nitrogens with one attached hydrogen (secondary N) is 1. The molecule has 0 bridgehead atoms. The van der Waals surface area contributed by atoms with Gasteiger partial charge in [-0.2, -0.15) is 9.97 Å². The van der Waals surface area contributed by atoms with Gasteiger partial charge in [0, 0.05) is 20.0 Å². The second-order valence-electron chi connectivity index (χ2n) is 8.17. The SMILES string of the molecule is CNc1nc2ncn(Cc3nc(C4C5C=C(c6ccccc6)CC54)no3)c(=O)c2n1C. The van der Waals surface area contributed by atoms with Crippen molar-refractivity contribution in [2.75, 3.05) is 12.4 Å². The molecule has 3 unspecified atom stereocenters. The Balaban J connectivity index is 1.22. The molecule has 6 rings (SSSR count). The molecule has 1 saturated carbocycles. The second kappa shape index (κ2) is 6.63. The molecule has 0 radical (unpaired) electrons. The minimum absolute atomic E-state index is 0.183. The Labute approximate surface area is 177 Å². The van der Waals surface area contributed by atoms with Crippen molar-refractivity contribution in [3.8, 4) is 0 Å². The summed E-state index contributed by atoms with van der Waals surface area (Å²) in [4.78, 5) is 26.1. The van der Waals surface area contributed by atoms with Crippen molar-refractivity contribution in [1.82, 2.24) is 29.2 Å². The molecule has 0 aliphatic heterocycles. The first kappa shape index (κ1) is 18.1. The highest BCUT2D eigenvalue weighted by atomic mass is 16.5. The second-order valence-corrected chi connectivity index (χ2v) is 8.17. The number of allylic oxidation sites excluding steroid dienone is 2. The van der Waals surface area contributed by atoms with Gasteiger partial charge in [-0.25, -0.2) is 4.98 Å². The fourth-order valence-electron chi connectivity index (χ4n) is 4.75. The van der Waals surface area contributed by atoms with Crippen LogP contribution in [0.25, 0.3) is 16.7 Å². The first-order valence-corrected chi connectivity index (χ1v) is 10.3. The molecule has 9 heteroatoms. The average molecular weight is 415 g/mol. The fourth-order valence-corrected chi connectivity index (χ4v) is 4.75. The highest BCUT2D eigenvalue weighted by Crippen LogP contribution is 2.62. The van der Waals surface area contributed by atoms with Crippen LogP contribution in [0.3, 0.4) is 0 Å². The largest absolute Gasteiger partial charge is 0.359 e. The molecule has 3 heterocycles. The summed E-state index contributed by atoms with van der Waals surface area (Å²) in [5, 5.41) is 7.16. The van der Waals surface area contributed by atoms with Crippen LogP contribution >= 0.6 is 0 Å². The van der Waals surface area contributed by atoms with Crippen molar-refractivity contribution < 1.29 is 4.52 Å². The predicted octanol–water partition coefficient (Wildman–Crippen LogP) is 2.42. The van der Waals surface area contributed by atoms with Crippen LogP contribution in [0.5, 0.6) is 0 Å². The number of hydrogen-bond donors (Lipinski definition) is 1.